The molecule has 0 bridgehead atoms. The highest BCUT2D eigenvalue weighted by atomic mass is 35.5. The number of benzene rings is 1. The van der Waals surface area contributed by atoms with Gasteiger partial charge < -0.3 is 15.4 Å². The number of nitrogens with zero attached hydrogens (tertiary/aromatic N) is 1. The topological polar surface area (TPSA) is 80.3 Å². The first-order chi connectivity index (χ1) is 13.5. The maximum Gasteiger partial charge on any atom is 0.257 e. The third kappa shape index (κ3) is 7.36. The van der Waals surface area contributed by atoms with Gasteiger partial charge in [-0.25, -0.2) is 4.39 Å². The fraction of sp³-hybridized carbons (Fsp3) is 0.250. The largest absolute Gasteiger partial charge is 0.484 e. The van der Waals surface area contributed by atoms with Crippen molar-refractivity contribution in [3.8, 4) is 5.75 Å². The van der Waals surface area contributed by atoms with Crippen LogP contribution in [0.4, 0.5) is 4.39 Å². The third-order valence-electron chi connectivity index (χ3n) is 3.75. The highest BCUT2D eigenvalue weighted by molar-refractivity contribution is 6.30. The highest BCUT2D eigenvalue weighted by Crippen LogP contribution is 2.20. The zero-order valence-corrected chi connectivity index (χ0v) is 16.0. The van der Waals surface area contributed by atoms with Crippen LogP contribution in [0.15, 0.2) is 54.9 Å². The van der Waals surface area contributed by atoms with Gasteiger partial charge in [-0.15, -0.1) is 0 Å². The lowest BCUT2D eigenvalue weighted by Gasteiger charge is -2.10. The molecule has 2 N–H and O–H groups in total. The Morgan fingerprint density at radius 2 is 2.04 bits per heavy atom. The van der Waals surface area contributed by atoms with Crippen LogP contribution in [-0.2, 0) is 16.0 Å². The van der Waals surface area contributed by atoms with Crippen LogP contribution < -0.4 is 15.4 Å². The molecule has 2 amide bonds. The Hall–Kier alpha value is -2.93. The summed E-state index contributed by atoms with van der Waals surface area (Å²) in [5, 5.41) is 5.37. The molecule has 0 radical (unpaired) electrons. The van der Waals surface area contributed by atoms with E-state index in [1.54, 1.807) is 12.4 Å². The van der Waals surface area contributed by atoms with Crippen LogP contribution in [0.1, 0.15) is 12.0 Å². The molecule has 0 unspecified atom stereocenters. The first-order valence-corrected chi connectivity index (χ1v) is 9.03. The van der Waals surface area contributed by atoms with Crippen LogP contribution in [0, 0.1) is 5.82 Å². The third-order valence-corrected chi connectivity index (χ3v) is 4.06. The fourth-order valence-corrected chi connectivity index (χ4v) is 2.34. The molecule has 6 nitrogen and oxygen atoms in total. The predicted octanol–water partition coefficient (Wildman–Crippen LogP) is 2.67. The molecule has 148 valence electrons. The first kappa shape index (κ1) is 21.4. The van der Waals surface area contributed by atoms with E-state index in [2.05, 4.69) is 22.2 Å². The smallest absolute Gasteiger partial charge is 0.257 e. The second-order valence-electron chi connectivity index (χ2n) is 5.94. The SMILES string of the molecule is C=C(CCNC(=O)COc1ccc(Cl)c(F)c1)C(=O)NCCc1cccnc1. The van der Waals surface area contributed by atoms with E-state index in [0.29, 0.717) is 25.0 Å². The van der Waals surface area contributed by atoms with Crippen molar-refractivity contribution in [1.29, 1.82) is 0 Å². The number of carbonyl (C=O) groups excluding carboxylic acids is 2. The Morgan fingerprint density at radius 3 is 2.75 bits per heavy atom. The number of hydrogen-bond donors (Lipinski definition) is 2. The molecule has 8 heteroatoms. The van der Waals surface area contributed by atoms with Gasteiger partial charge in [0.15, 0.2) is 6.61 Å². The molecule has 1 aromatic carbocycles. The van der Waals surface area contributed by atoms with Crippen molar-refractivity contribution < 1.29 is 18.7 Å². The van der Waals surface area contributed by atoms with E-state index in [1.165, 1.54) is 12.1 Å². The molecular formula is C20H21ClFN3O3. The van der Waals surface area contributed by atoms with Crippen molar-refractivity contribution in [2.24, 2.45) is 0 Å². The highest BCUT2D eigenvalue weighted by Gasteiger charge is 2.09. The Bertz CT molecular complexity index is 831. The number of nitrogens with one attached hydrogen (secondary N) is 2. The van der Waals surface area contributed by atoms with Gasteiger partial charge in [0.05, 0.1) is 5.02 Å². The lowest BCUT2D eigenvalue weighted by molar-refractivity contribution is -0.123. The van der Waals surface area contributed by atoms with Crippen LogP contribution in [0.3, 0.4) is 0 Å². The van der Waals surface area contributed by atoms with Crippen LogP contribution in [0.5, 0.6) is 5.75 Å². The molecule has 2 rings (SSSR count). The number of aromatic nitrogens is 1. The quantitative estimate of drug-likeness (QED) is 0.595. The number of carbonyl (C=O) groups is 2. The lowest BCUT2D eigenvalue weighted by Crippen LogP contribution is -2.32. The normalized spacial score (nSPS) is 10.2. The monoisotopic (exact) mass is 405 g/mol. The van der Waals surface area contributed by atoms with Gasteiger partial charge in [0, 0.05) is 37.1 Å². The lowest BCUT2D eigenvalue weighted by atomic mass is 10.2. The predicted molar refractivity (Wildman–Crippen MR) is 105 cm³/mol. The summed E-state index contributed by atoms with van der Waals surface area (Å²) < 4.78 is 18.5. The molecule has 0 saturated heterocycles. The summed E-state index contributed by atoms with van der Waals surface area (Å²) >= 11 is 5.58. The fourth-order valence-electron chi connectivity index (χ4n) is 2.22. The van der Waals surface area contributed by atoms with E-state index in [0.717, 1.165) is 11.6 Å². The molecule has 0 fully saturated rings. The molecule has 2 aromatic rings. The second kappa shape index (κ2) is 11.0. The Kier molecular flexibility index (Phi) is 8.42. The van der Waals surface area contributed by atoms with E-state index in [4.69, 9.17) is 16.3 Å². The molecule has 1 heterocycles. The van der Waals surface area contributed by atoms with Gasteiger partial charge in [-0.2, -0.15) is 0 Å². The van der Waals surface area contributed by atoms with Gasteiger partial charge in [0.25, 0.3) is 5.91 Å². The second-order valence-corrected chi connectivity index (χ2v) is 6.34. The summed E-state index contributed by atoms with van der Waals surface area (Å²) in [6.07, 6.45) is 4.42. The average molecular weight is 406 g/mol. The van der Waals surface area contributed by atoms with Crippen molar-refractivity contribution in [2.75, 3.05) is 19.7 Å². The maximum absolute atomic E-state index is 13.3. The molecule has 28 heavy (non-hydrogen) atoms. The number of amides is 2. The molecule has 0 aliphatic heterocycles. The molecular weight excluding hydrogens is 385 g/mol. The Balaban J connectivity index is 1.60. The van der Waals surface area contributed by atoms with E-state index in [-0.39, 0.29) is 35.7 Å². The minimum Gasteiger partial charge on any atom is -0.484 e. The molecule has 0 aliphatic rings. The van der Waals surface area contributed by atoms with Crippen molar-refractivity contribution in [3.05, 3.63) is 71.3 Å². The van der Waals surface area contributed by atoms with E-state index < -0.39 is 5.82 Å². The molecule has 0 spiro atoms. The summed E-state index contributed by atoms with van der Waals surface area (Å²) in [7, 11) is 0. The van der Waals surface area contributed by atoms with Gasteiger partial charge in [-0.1, -0.05) is 24.2 Å². The maximum atomic E-state index is 13.3. The van der Waals surface area contributed by atoms with Gasteiger partial charge in [0.1, 0.15) is 11.6 Å². The Morgan fingerprint density at radius 1 is 1.21 bits per heavy atom. The minimum atomic E-state index is -0.620. The Labute approximate surface area is 167 Å². The van der Waals surface area contributed by atoms with E-state index in [9.17, 15) is 14.0 Å². The number of rotatable bonds is 10. The average Bonchev–Trinajstić information content (AvgIpc) is 2.69. The molecule has 0 aliphatic carbocycles. The molecule has 1 aromatic heterocycles. The van der Waals surface area contributed by atoms with Gasteiger partial charge in [0.2, 0.25) is 5.91 Å². The van der Waals surface area contributed by atoms with Crippen molar-refractivity contribution >= 4 is 23.4 Å². The van der Waals surface area contributed by atoms with Crippen LogP contribution in [0.2, 0.25) is 5.02 Å². The van der Waals surface area contributed by atoms with Gasteiger partial charge in [-0.05, 0) is 36.6 Å². The standard InChI is InChI=1S/C20H21ClFN3O3/c1-14(20(27)25-10-7-15-3-2-8-23-12-15)6-9-24-19(26)13-28-16-4-5-17(21)18(22)11-16/h2-5,8,11-12H,1,6-7,9-10,13H2,(H,24,26)(H,25,27). The number of hydrogen-bond acceptors (Lipinski definition) is 4. The number of pyridine rings is 1. The van der Waals surface area contributed by atoms with E-state index in [1.807, 2.05) is 12.1 Å². The van der Waals surface area contributed by atoms with Gasteiger partial charge >= 0.3 is 0 Å². The van der Waals surface area contributed by atoms with E-state index >= 15 is 0 Å². The zero-order valence-electron chi connectivity index (χ0n) is 15.2. The van der Waals surface area contributed by atoms with Gasteiger partial charge in [-0.3, -0.25) is 14.6 Å². The summed E-state index contributed by atoms with van der Waals surface area (Å²) in [4.78, 5) is 27.7. The minimum absolute atomic E-state index is 0.0194. The van der Waals surface area contributed by atoms with Crippen molar-refractivity contribution in [2.45, 2.75) is 12.8 Å². The number of halogens is 2. The van der Waals surface area contributed by atoms with Crippen LogP contribution >= 0.6 is 11.6 Å². The first-order valence-electron chi connectivity index (χ1n) is 8.65. The van der Waals surface area contributed by atoms with Crippen LogP contribution in [0.25, 0.3) is 0 Å². The number of ether oxygens (including phenoxy) is 1. The summed E-state index contributed by atoms with van der Waals surface area (Å²) in [6, 6.07) is 7.70. The van der Waals surface area contributed by atoms with Crippen molar-refractivity contribution in [3.63, 3.8) is 0 Å². The molecule has 0 saturated carbocycles. The molecule has 0 atom stereocenters. The van der Waals surface area contributed by atoms with Crippen molar-refractivity contribution in [1.82, 2.24) is 15.6 Å². The zero-order chi connectivity index (χ0) is 20.4. The summed E-state index contributed by atoms with van der Waals surface area (Å²) in [5.41, 5.74) is 1.40. The van der Waals surface area contributed by atoms with Crippen LogP contribution in [-0.4, -0.2) is 36.5 Å². The summed E-state index contributed by atoms with van der Waals surface area (Å²) in [5.74, 6) is -1.06. The summed E-state index contributed by atoms with van der Waals surface area (Å²) in [6.45, 7) is 4.17.